The first-order valence-electron chi connectivity index (χ1n) is 5.46. The van der Waals surface area contributed by atoms with Crippen LogP contribution in [-0.4, -0.2) is 12.9 Å². The van der Waals surface area contributed by atoms with Crippen molar-refractivity contribution < 1.29 is 9.53 Å². The minimum atomic E-state index is -0.256. The normalized spacial score (nSPS) is 10.3. The maximum Gasteiger partial charge on any atom is 0.198 e. The molecule has 19 heavy (non-hydrogen) atoms. The summed E-state index contributed by atoms with van der Waals surface area (Å²) in [7, 11) is 1.49. The molecule has 2 rings (SSSR count). The zero-order valence-corrected chi connectivity index (χ0v) is 11.6. The number of nitrogen functional groups attached to an aromatic ring is 1. The molecule has 2 aromatic rings. The van der Waals surface area contributed by atoms with E-state index in [9.17, 15) is 4.79 Å². The molecule has 0 aliphatic rings. The number of ether oxygens (including phenoxy) is 1. The number of carbonyl (C=O) groups excluding carboxylic acids is 1. The molecular formula is C14H11Cl2NO2. The second kappa shape index (κ2) is 5.51. The van der Waals surface area contributed by atoms with Crippen LogP contribution in [0.4, 0.5) is 5.69 Å². The Labute approximate surface area is 120 Å². The summed E-state index contributed by atoms with van der Waals surface area (Å²) in [5, 5.41) is 0.934. The minimum Gasteiger partial charge on any atom is -0.496 e. The third kappa shape index (κ3) is 2.83. The average molecular weight is 296 g/mol. The van der Waals surface area contributed by atoms with Crippen molar-refractivity contribution in [3.05, 3.63) is 57.6 Å². The number of ketones is 1. The van der Waals surface area contributed by atoms with E-state index in [0.29, 0.717) is 32.6 Å². The highest BCUT2D eigenvalue weighted by atomic mass is 35.5. The van der Waals surface area contributed by atoms with Crippen LogP contribution in [0.25, 0.3) is 0 Å². The molecule has 5 heteroatoms. The molecule has 3 nitrogen and oxygen atoms in total. The summed E-state index contributed by atoms with van der Waals surface area (Å²) in [5.74, 6) is 0.192. The summed E-state index contributed by atoms with van der Waals surface area (Å²) in [6.07, 6.45) is 0. The van der Waals surface area contributed by atoms with Crippen molar-refractivity contribution in [2.75, 3.05) is 12.8 Å². The van der Waals surface area contributed by atoms with Crippen LogP contribution in [0.2, 0.25) is 10.0 Å². The Bertz CT molecular complexity index is 641. The van der Waals surface area contributed by atoms with Crippen LogP contribution in [0, 0.1) is 0 Å². The number of benzene rings is 2. The van der Waals surface area contributed by atoms with Crippen molar-refractivity contribution in [1.29, 1.82) is 0 Å². The van der Waals surface area contributed by atoms with Gasteiger partial charge < -0.3 is 10.5 Å². The molecular weight excluding hydrogens is 285 g/mol. The van der Waals surface area contributed by atoms with Crippen molar-refractivity contribution in [2.45, 2.75) is 0 Å². The van der Waals surface area contributed by atoms with Gasteiger partial charge in [-0.2, -0.15) is 0 Å². The number of methoxy groups -OCH3 is 1. The van der Waals surface area contributed by atoms with E-state index in [1.165, 1.54) is 13.2 Å². The monoisotopic (exact) mass is 295 g/mol. The van der Waals surface area contributed by atoms with Gasteiger partial charge in [0.25, 0.3) is 0 Å². The smallest absolute Gasteiger partial charge is 0.198 e. The number of anilines is 1. The summed E-state index contributed by atoms with van der Waals surface area (Å²) in [4.78, 5) is 12.4. The number of hydrogen-bond acceptors (Lipinski definition) is 3. The Hall–Kier alpha value is -1.71. The summed E-state index contributed by atoms with van der Waals surface area (Å²) in [6, 6.07) is 9.58. The van der Waals surface area contributed by atoms with Crippen LogP contribution in [0.15, 0.2) is 36.4 Å². The Balaban J connectivity index is 2.52. The minimum absolute atomic E-state index is 0.256. The van der Waals surface area contributed by atoms with E-state index >= 15 is 0 Å². The maximum absolute atomic E-state index is 12.4. The third-order valence-electron chi connectivity index (χ3n) is 2.66. The van der Waals surface area contributed by atoms with E-state index in [0.717, 1.165) is 0 Å². The Morgan fingerprint density at radius 1 is 1.05 bits per heavy atom. The average Bonchev–Trinajstić information content (AvgIpc) is 2.38. The number of halogens is 2. The van der Waals surface area contributed by atoms with Crippen LogP contribution >= 0.6 is 23.2 Å². The van der Waals surface area contributed by atoms with Gasteiger partial charge in [0.15, 0.2) is 5.78 Å². The molecule has 0 fully saturated rings. The van der Waals surface area contributed by atoms with E-state index in [4.69, 9.17) is 33.7 Å². The Morgan fingerprint density at radius 2 is 1.68 bits per heavy atom. The molecule has 0 unspecified atom stereocenters. The lowest BCUT2D eigenvalue weighted by atomic mass is 10.0. The number of hydrogen-bond donors (Lipinski definition) is 1. The van der Waals surface area contributed by atoms with Gasteiger partial charge in [0.2, 0.25) is 0 Å². The summed E-state index contributed by atoms with van der Waals surface area (Å²) < 4.78 is 5.16. The predicted octanol–water partition coefficient (Wildman–Crippen LogP) is 3.82. The van der Waals surface area contributed by atoms with Crippen LogP contribution in [0.5, 0.6) is 5.75 Å². The van der Waals surface area contributed by atoms with Crippen LogP contribution in [0.1, 0.15) is 15.9 Å². The zero-order chi connectivity index (χ0) is 14.0. The van der Waals surface area contributed by atoms with Crippen molar-refractivity contribution in [1.82, 2.24) is 0 Å². The molecule has 0 aromatic heterocycles. The van der Waals surface area contributed by atoms with Crippen molar-refractivity contribution in [2.24, 2.45) is 0 Å². The van der Waals surface area contributed by atoms with Gasteiger partial charge in [0.05, 0.1) is 12.7 Å². The van der Waals surface area contributed by atoms with Gasteiger partial charge in [-0.05, 0) is 36.4 Å². The molecule has 2 N–H and O–H groups in total. The fraction of sp³-hybridized carbons (Fsp3) is 0.0714. The molecule has 0 saturated heterocycles. The van der Waals surface area contributed by atoms with E-state index in [-0.39, 0.29) is 5.78 Å². The van der Waals surface area contributed by atoms with Gasteiger partial charge in [-0.3, -0.25) is 4.79 Å². The van der Waals surface area contributed by atoms with E-state index < -0.39 is 0 Å². The van der Waals surface area contributed by atoms with Gasteiger partial charge in [0.1, 0.15) is 5.75 Å². The fourth-order valence-corrected chi connectivity index (χ4v) is 2.10. The van der Waals surface area contributed by atoms with Crippen molar-refractivity contribution in [3.63, 3.8) is 0 Å². The van der Waals surface area contributed by atoms with E-state index in [2.05, 4.69) is 0 Å². The lowest BCUT2D eigenvalue weighted by Gasteiger charge is -2.10. The van der Waals surface area contributed by atoms with E-state index in [1.54, 1.807) is 30.3 Å². The SMILES string of the molecule is COc1ccc(Cl)cc1C(=O)c1ccc(Cl)cc1N. The molecule has 0 spiro atoms. The largest absolute Gasteiger partial charge is 0.496 e. The topological polar surface area (TPSA) is 52.3 Å². The highest BCUT2D eigenvalue weighted by Crippen LogP contribution is 2.28. The summed E-state index contributed by atoms with van der Waals surface area (Å²) >= 11 is 11.7. The first kappa shape index (κ1) is 13.7. The van der Waals surface area contributed by atoms with Crippen molar-refractivity contribution >= 4 is 34.7 Å². The van der Waals surface area contributed by atoms with Gasteiger partial charge >= 0.3 is 0 Å². The quantitative estimate of drug-likeness (QED) is 0.692. The number of rotatable bonds is 3. The second-order valence-electron chi connectivity index (χ2n) is 3.91. The molecule has 0 atom stereocenters. The van der Waals surface area contributed by atoms with Gasteiger partial charge in [-0.1, -0.05) is 23.2 Å². The highest BCUT2D eigenvalue weighted by molar-refractivity contribution is 6.32. The molecule has 0 aliphatic heterocycles. The van der Waals surface area contributed by atoms with Gasteiger partial charge in [-0.25, -0.2) is 0 Å². The summed E-state index contributed by atoms with van der Waals surface area (Å²) in [5.41, 5.74) is 6.86. The number of carbonyl (C=O) groups is 1. The number of nitrogens with two attached hydrogens (primary N) is 1. The molecule has 0 radical (unpaired) electrons. The zero-order valence-electron chi connectivity index (χ0n) is 10.1. The molecule has 0 saturated carbocycles. The van der Waals surface area contributed by atoms with Crippen LogP contribution in [-0.2, 0) is 0 Å². The fourth-order valence-electron chi connectivity index (χ4n) is 1.74. The van der Waals surface area contributed by atoms with E-state index in [1.807, 2.05) is 0 Å². The Kier molecular flexibility index (Phi) is 3.98. The summed E-state index contributed by atoms with van der Waals surface area (Å²) in [6.45, 7) is 0. The van der Waals surface area contributed by atoms with Crippen molar-refractivity contribution in [3.8, 4) is 5.75 Å². The maximum atomic E-state index is 12.4. The standard InChI is InChI=1S/C14H11Cl2NO2/c1-19-13-5-3-8(15)6-11(13)14(18)10-4-2-9(16)7-12(10)17/h2-7H,17H2,1H3. The molecule has 2 aromatic carbocycles. The van der Waals surface area contributed by atoms with Gasteiger partial charge in [0, 0.05) is 21.3 Å². The molecule has 0 amide bonds. The lowest BCUT2D eigenvalue weighted by Crippen LogP contribution is -2.07. The van der Waals surface area contributed by atoms with Crippen LogP contribution < -0.4 is 10.5 Å². The van der Waals surface area contributed by atoms with Crippen LogP contribution in [0.3, 0.4) is 0 Å². The lowest BCUT2D eigenvalue weighted by molar-refractivity contribution is 0.103. The molecule has 0 aliphatic carbocycles. The first-order chi connectivity index (χ1) is 9.02. The second-order valence-corrected chi connectivity index (χ2v) is 4.78. The first-order valence-corrected chi connectivity index (χ1v) is 6.22. The highest BCUT2D eigenvalue weighted by Gasteiger charge is 2.17. The molecule has 0 heterocycles. The molecule has 98 valence electrons. The predicted molar refractivity (Wildman–Crippen MR) is 77.3 cm³/mol. The third-order valence-corrected chi connectivity index (χ3v) is 3.13. The Morgan fingerprint density at radius 3 is 2.32 bits per heavy atom. The molecule has 0 bridgehead atoms. The van der Waals surface area contributed by atoms with Gasteiger partial charge in [-0.15, -0.1) is 0 Å².